The summed E-state index contributed by atoms with van der Waals surface area (Å²) in [6.45, 7) is 4.81. The molecule has 2 atom stereocenters. The van der Waals surface area contributed by atoms with E-state index in [9.17, 15) is 19.8 Å². The maximum atomic E-state index is 12.4. The second-order valence-corrected chi connectivity index (χ2v) is 16.4. The number of hydrogen-bond acceptors (Lipinski definition) is 5. The Bertz CT molecular complexity index is 915. The number of esters is 1. The quantitative estimate of drug-likeness (QED) is 0.0325. The summed E-state index contributed by atoms with van der Waals surface area (Å²) in [5.41, 5.74) is 0. The first kappa shape index (κ1) is 54.1. The molecular formula is C50H93NO5. The van der Waals surface area contributed by atoms with Gasteiger partial charge in [-0.1, -0.05) is 185 Å². The fourth-order valence-electron chi connectivity index (χ4n) is 7.14. The highest BCUT2D eigenvalue weighted by atomic mass is 16.5. The minimum Gasteiger partial charge on any atom is -0.466 e. The molecule has 3 N–H and O–H groups in total. The van der Waals surface area contributed by atoms with Gasteiger partial charge >= 0.3 is 5.97 Å². The number of carbonyl (C=O) groups is 2. The molecule has 0 aliphatic heterocycles. The lowest BCUT2D eigenvalue weighted by Gasteiger charge is -2.22. The van der Waals surface area contributed by atoms with E-state index in [2.05, 4.69) is 55.6 Å². The monoisotopic (exact) mass is 788 g/mol. The molecule has 0 aliphatic rings. The summed E-state index contributed by atoms with van der Waals surface area (Å²) >= 11 is 0. The molecular weight excluding hydrogens is 695 g/mol. The highest BCUT2D eigenvalue weighted by Crippen LogP contribution is 2.15. The fraction of sp³-hybridized carbons (Fsp3) is 0.840. The highest BCUT2D eigenvalue weighted by molar-refractivity contribution is 5.76. The lowest BCUT2D eigenvalue weighted by atomic mass is 10.0. The molecule has 0 fully saturated rings. The fourth-order valence-corrected chi connectivity index (χ4v) is 7.14. The zero-order chi connectivity index (χ0) is 40.8. The van der Waals surface area contributed by atoms with Crippen molar-refractivity contribution in [1.29, 1.82) is 0 Å². The summed E-state index contributed by atoms with van der Waals surface area (Å²) in [7, 11) is 0. The van der Waals surface area contributed by atoms with Crippen LogP contribution >= 0.6 is 0 Å². The van der Waals surface area contributed by atoms with Crippen molar-refractivity contribution in [2.75, 3.05) is 13.2 Å². The molecule has 0 saturated carbocycles. The molecule has 0 rings (SSSR count). The molecule has 0 saturated heterocycles. The first-order chi connectivity index (χ1) is 27.5. The average molecular weight is 788 g/mol. The molecule has 0 bridgehead atoms. The van der Waals surface area contributed by atoms with Crippen LogP contribution in [-0.4, -0.2) is 47.4 Å². The molecule has 0 spiro atoms. The Balaban J connectivity index is 3.53. The summed E-state index contributed by atoms with van der Waals surface area (Å²) in [5.74, 6) is -0.102. The van der Waals surface area contributed by atoms with Crippen molar-refractivity contribution in [3.05, 3.63) is 36.5 Å². The third kappa shape index (κ3) is 41.7. The first-order valence-electron chi connectivity index (χ1n) is 24.2. The molecule has 328 valence electrons. The van der Waals surface area contributed by atoms with Gasteiger partial charge < -0.3 is 20.3 Å². The van der Waals surface area contributed by atoms with Crippen LogP contribution in [0.5, 0.6) is 0 Å². The number of ether oxygens (including phenoxy) is 1. The van der Waals surface area contributed by atoms with E-state index in [1.807, 2.05) is 0 Å². The minimum atomic E-state index is -0.680. The Hall–Kier alpha value is -1.92. The van der Waals surface area contributed by atoms with Gasteiger partial charge in [-0.3, -0.25) is 9.59 Å². The lowest BCUT2D eigenvalue weighted by Crippen LogP contribution is -2.45. The number of rotatable bonds is 44. The van der Waals surface area contributed by atoms with Crippen molar-refractivity contribution in [2.24, 2.45) is 0 Å². The summed E-state index contributed by atoms with van der Waals surface area (Å²) in [6.07, 6.45) is 53.9. The Labute approximate surface area is 347 Å². The Morgan fingerprint density at radius 2 is 0.929 bits per heavy atom. The molecule has 0 heterocycles. The van der Waals surface area contributed by atoms with Gasteiger partial charge in [0.15, 0.2) is 0 Å². The van der Waals surface area contributed by atoms with Gasteiger partial charge in [0, 0.05) is 12.8 Å². The second-order valence-electron chi connectivity index (χ2n) is 16.4. The van der Waals surface area contributed by atoms with Crippen molar-refractivity contribution in [3.63, 3.8) is 0 Å². The zero-order valence-corrected chi connectivity index (χ0v) is 37.1. The van der Waals surface area contributed by atoms with E-state index in [1.165, 1.54) is 122 Å². The molecule has 6 heteroatoms. The number of carbonyl (C=O) groups excluding carboxylic acids is 2. The zero-order valence-electron chi connectivity index (χ0n) is 37.1. The molecule has 0 aromatic heterocycles. The van der Waals surface area contributed by atoms with Crippen molar-refractivity contribution in [1.82, 2.24) is 5.32 Å². The van der Waals surface area contributed by atoms with Gasteiger partial charge in [-0.2, -0.15) is 0 Å². The number of amides is 1. The Kier molecular flexibility index (Phi) is 44.2. The molecule has 6 nitrogen and oxygen atoms in total. The SMILES string of the molecule is CCC/C=C\C/C=C\CCCCCCCC(=O)OCCCCC/C=C\CCCCCCCC(=O)NC(CO)C(O)CCCCCCCCCCCCCCCC. The molecule has 1 amide bonds. The molecule has 2 unspecified atom stereocenters. The van der Waals surface area contributed by atoms with Crippen molar-refractivity contribution in [2.45, 2.75) is 257 Å². The highest BCUT2D eigenvalue weighted by Gasteiger charge is 2.20. The van der Waals surface area contributed by atoms with Crippen LogP contribution in [0.25, 0.3) is 0 Å². The number of hydrogen-bond donors (Lipinski definition) is 3. The van der Waals surface area contributed by atoms with E-state index in [1.54, 1.807) is 0 Å². The van der Waals surface area contributed by atoms with Crippen LogP contribution in [0.4, 0.5) is 0 Å². The third-order valence-electron chi connectivity index (χ3n) is 10.9. The van der Waals surface area contributed by atoms with Crippen LogP contribution in [0.1, 0.15) is 245 Å². The predicted octanol–water partition coefficient (Wildman–Crippen LogP) is 14.1. The standard InChI is InChI=1S/C50H93NO5/c1-3-5-7-9-11-13-15-17-19-22-26-30-34-38-42-48(53)47(46-52)51-49(54)43-39-35-31-27-23-20-21-25-29-33-37-41-45-56-50(55)44-40-36-32-28-24-18-16-14-12-10-8-6-4-2/h8,10,14,16,21,25,47-48,52-53H,3-7,9,11-13,15,17-20,22-24,26-46H2,1-2H3,(H,51,54)/b10-8-,16-14-,25-21-. The van der Waals surface area contributed by atoms with Crippen LogP contribution in [0, 0.1) is 0 Å². The number of aliphatic hydroxyl groups is 2. The summed E-state index contributed by atoms with van der Waals surface area (Å²) in [4.78, 5) is 24.4. The lowest BCUT2D eigenvalue weighted by molar-refractivity contribution is -0.143. The van der Waals surface area contributed by atoms with Gasteiger partial charge in [0.25, 0.3) is 0 Å². The Morgan fingerprint density at radius 1 is 0.500 bits per heavy atom. The number of allylic oxidation sites excluding steroid dienone is 6. The molecule has 0 radical (unpaired) electrons. The maximum Gasteiger partial charge on any atom is 0.305 e. The molecule has 0 aromatic carbocycles. The first-order valence-corrected chi connectivity index (χ1v) is 24.2. The van der Waals surface area contributed by atoms with Crippen LogP contribution in [-0.2, 0) is 14.3 Å². The van der Waals surface area contributed by atoms with Crippen LogP contribution in [0.3, 0.4) is 0 Å². The van der Waals surface area contributed by atoms with Crippen molar-refractivity contribution >= 4 is 11.9 Å². The van der Waals surface area contributed by atoms with Crippen molar-refractivity contribution in [3.8, 4) is 0 Å². The van der Waals surface area contributed by atoms with Crippen LogP contribution < -0.4 is 5.32 Å². The van der Waals surface area contributed by atoms with E-state index in [0.717, 1.165) is 89.9 Å². The smallest absolute Gasteiger partial charge is 0.305 e. The molecule has 56 heavy (non-hydrogen) atoms. The van der Waals surface area contributed by atoms with Gasteiger partial charge in [0.2, 0.25) is 5.91 Å². The Morgan fingerprint density at radius 3 is 1.45 bits per heavy atom. The number of unbranched alkanes of at least 4 members (excludes halogenated alkanes) is 27. The van der Waals surface area contributed by atoms with E-state index >= 15 is 0 Å². The molecule has 0 aliphatic carbocycles. The van der Waals surface area contributed by atoms with E-state index < -0.39 is 12.1 Å². The topological polar surface area (TPSA) is 95.9 Å². The summed E-state index contributed by atoms with van der Waals surface area (Å²) in [6, 6.07) is -0.560. The van der Waals surface area contributed by atoms with Gasteiger partial charge in [-0.15, -0.1) is 0 Å². The normalized spacial score (nSPS) is 13.0. The molecule has 0 aromatic rings. The third-order valence-corrected chi connectivity index (χ3v) is 10.9. The largest absolute Gasteiger partial charge is 0.466 e. The van der Waals surface area contributed by atoms with E-state index in [4.69, 9.17) is 4.74 Å². The van der Waals surface area contributed by atoms with Gasteiger partial charge in [0.1, 0.15) is 0 Å². The van der Waals surface area contributed by atoms with E-state index in [-0.39, 0.29) is 18.5 Å². The predicted molar refractivity (Wildman–Crippen MR) is 241 cm³/mol. The number of nitrogens with one attached hydrogen (secondary N) is 1. The number of aliphatic hydroxyl groups excluding tert-OH is 2. The van der Waals surface area contributed by atoms with Gasteiger partial charge in [-0.25, -0.2) is 0 Å². The maximum absolute atomic E-state index is 12.4. The van der Waals surface area contributed by atoms with Gasteiger partial charge in [-0.05, 0) is 83.5 Å². The summed E-state index contributed by atoms with van der Waals surface area (Å²) in [5, 5.41) is 23.2. The average Bonchev–Trinajstić information content (AvgIpc) is 3.20. The van der Waals surface area contributed by atoms with Crippen LogP contribution in [0.15, 0.2) is 36.5 Å². The second kappa shape index (κ2) is 45.8. The van der Waals surface area contributed by atoms with Gasteiger partial charge in [0.05, 0.1) is 25.4 Å². The van der Waals surface area contributed by atoms with Crippen molar-refractivity contribution < 1.29 is 24.5 Å². The van der Waals surface area contributed by atoms with Crippen LogP contribution in [0.2, 0.25) is 0 Å². The summed E-state index contributed by atoms with van der Waals surface area (Å²) < 4.78 is 5.42. The minimum absolute atomic E-state index is 0.0388. The van der Waals surface area contributed by atoms with E-state index in [0.29, 0.717) is 25.9 Å².